The molecule has 1 aliphatic heterocycles. The van der Waals surface area contributed by atoms with Gasteiger partial charge in [-0.1, -0.05) is 18.2 Å². The summed E-state index contributed by atoms with van der Waals surface area (Å²) in [5, 5.41) is 2.84. The van der Waals surface area contributed by atoms with Crippen LogP contribution in [0.4, 0.5) is 15.8 Å². The number of anilines is 1. The molecule has 0 radical (unpaired) electrons. The van der Waals surface area contributed by atoms with E-state index in [1.54, 1.807) is 12.1 Å². The fourth-order valence-corrected chi connectivity index (χ4v) is 3.40. The molecule has 3 aromatic rings. The van der Waals surface area contributed by atoms with Crippen LogP contribution >= 0.6 is 0 Å². The van der Waals surface area contributed by atoms with E-state index in [4.69, 9.17) is 9.73 Å². The number of carbonyl (C=O) groups is 1. The molecule has 1 aliphatic rings. The SMILES string of the molecule is CCN(CC)C1=Nc2ccccc2Oc2ccc(NC(=O)c3cccc(F)c3)cc21. The molecule has 6 heteroatoms. The second-order valence-corrected chi connectivity index (χ2v) is 6.85. The van der Waals surface area contributed by atoms with Crippen molar-refractivity contribution in [3.05, 3.63) is 83.7 Å². The van der Waals surface area contributed by atoms with E-state index in [-0.39, 0.29) is 11.5 Å². The number of nitrogens with zero attached hydrogens (tertiary/aromatic N) is 2. The summed E-state index contributed by atoms with van der Waals surface area (Å²) in [6.07, 6.45) is 0. The molecule has 0 aliphatic carbocycles. The maximum Gasteiger partial charge on any atom is 0.255 e. The monoisotopic (exact) mass is 403 g/mol. The number of halogens is 1. The van der Waals surface area contributed by atoms with Crippen molar-refractivity contribution in [2.24, 2.45) is 4.99 Å². The van der Waals surface area contributed by atoms with Gasteiger partial charge in [-0.3, -0.25) is 4.79 Å². The zero-order valence-corrected chi connectivity index (χ0v) is 16.9. The van der Waals surface area contributed by atoms with Crippen LogP contribution < -0.4 is 10.1 Å². The maximum atomic E-state index is 13.5. The highest BCUT2D eigenvalue weighted by Crippen LogP contribution is 2.38. The number of benzene rings is 3. The standard InChI is InChI=1S/C24H22FN3O2/c1-3-28(4-2)23-19-15-18(26-24(29)16-8-7-9-17(25)14-16)12-13-21(19)30-22-11-6-5-10-20(22)27-23/h5-15H,3-4H2,1-2H3,(H,26,29). The first-order valence-corrected chi connectivity index (χ1v) is 9.91. The summed E-state index contributed by atoms with van der Waals surface area (Å²) >= 11 is 0. The van der Waals surface area contributed by atoms with E-state index in [2.05, 4.69) is 24.1 Å². The zero-order chi connectivity index (χ0) is 21.1. The van der Waals surface area contributed by atoms with Gasteiger partial charge < -0.3 is 15.0 Å². The highest BCUT2D eigenvalue weighted by Gasteiger charge is 2.22. The molecular weight excluding hydrogens is 381 g/mol. The summed E-state index contributed by atoms with van der Waals surface area (Å²) in [5.74, 6) is 1.29. The van der Waals surface area contributed by atoms with Gasteiger partial charge in [0.2, 0.25) is 0 Å². The minimum atomic E-state index is -0.452. The van der Waals surface area contributed by atoms with Crippen LogP contribution in [0.1, 0.15) is 29.8 Å². The lowest BCUT2D eigenvalue weighted by Gasteiger charge is -2.23. The molecule has 0 saturated carbocycles. The average Bonchev–Trinajstić information content (AvgIpc) is 2.91. The fraction of sp³-hybridized carbons (Fsp3) is 0.167. The van der Waals surface area contributed by atoms with Gasteiger partial charge in [-0.2, -0.15) is 0 Å². The van der Waals surface area contributed by atoms with Crippen molar-refractivity contribution in [3.63, 3.8) is 0 Å². The van der Waals surface area contributed by atoms with E-state index in [1.165, 1.54) is 18.2 Å². The first-order valence-electron chi connectivity index (χ1n) is 9.91. The third kappa shape index (κ3) is 3.89. The normalized spacial score (nSPS) is 12.0. The Morgan fingerprint density at radius 1 is 1.00 bits per heavy atom. The Hall–Kier alpha value is -3.67. The number of rotatable bonds is 4. The molecule has 3 aromatic carbocycles. The van der Waals surface area contributed by atoms with Gasteiger partial charge in [0.05, 0.1) is 5.56 Å². The smallest absolute Gasteiger partial charge is 0.255 e. The number of para-hydroxylation sites is 2. The van der Waals surface area contributed by atoms with Crippen LogP contribution in [0.3, 0.4) is 0 Å². The lowest BCUT2D eigenvalue weighted by Crippen LogP contribution is -2.31. The fourth-order valence-electron chi connectivity index (χ4n) is 3.40. The van der Waals surface area contributed by atoms with Gasteiger partial charge in [-0.25, -0.2) is 9.38 Å². The van der Waals surface area contributed by atoms with Crippen LogP contribution in [-0.2, 0) is 0 Å². The molecule has 4 rings (SSSR count). The van der Waals surface area contributed by atoms with Gasteiger partial charge in [0.25, 0.3) is 5.91 Å². The highest BCUT2D eigenvalue weighted by molar-refractivity contribution is 6.07. The van der Waals surface area contributed by atoms with Crippen molar-refractivity contribution in [1.82, 2.24) is 4.90 Å². The third-order valence-corrected chi connectivity index (χ3v) is 4.94. The molecule has 0 unspecified atom stereocenters. The molecule has 0 bridgehead atoms. The predicted octanol–water partition coefficient (Wildman–Crippen LogP) is 5.60. The molecule has 0 fully saturated rings. The summed E-state index contributed by atoms with van der Waals surface area (Å²) in [5.41, 5.74) is 2.37. The van der Waals surface area contributed by atoms with Crippen molar-refractivity contribution in [3.8, 4) is 11.5 Å². The maximum absolute atomic E-state index is 13.5. The first-order chi connectivity index (χ1) is 14.6. The van der Waals surface area contributed by atoms with Gasteiger partial charge in [0.1, 0.15) is 23.1 Å². The molecule has 30 heavy (non-hydrogen) atoms. The van der Waals surface area contributed by atoms with E-state index in [0.29, 0.717) is 17.2 Å². The molecule has 152 valence electrons. The highest BCUT2D eigenvalue weighted by atomic mass is 19.1. The summed E-state index contributed by atoms with van der Waals surface area (Å²) < 4.78 is 19.6. The van der Waals surface area contributed by atoms with Crippen molar-refractivity contribution >= 4 is 23.1 Å². The molecule has 0 saturated heterocycles. The minimum absolute atomic E-state index is 0.256. The molecule has 5 nitrogen and oxygen atoms in total. The summed E-state index contributed by atoms with van der Waals surface area (Å²) in [7, 11) is 0. The second-order valence-electron chi connectivity index (χ2n) is 6.85. The van der Waals surface area contributed by atoms with Crippen LogP contribution in [0, 0.1) is 5.82 Å². The van der Waals surface area contributed by atoms with E-state index in [1.807, 2.05) is 36.4 Å². The number of hydrogen-bond acceptors (Lipinski definition) is 4. The minimum Gasteiger partial charge on any atom is -0.454 e. The van der Waals surface area contributed by atoms with Gasteiger partial charge in [0.15, 0.2) is 5.75 Å². The van der Waals surface area contributed by atoms with Crippen LogP contribution in [0.25, 0.3) is 0 Å². The number of aliphatic imine (C=N–C) groups is 1. The lowest BCUT2D eigenvalue weighted by molar-refractivity contribution is 0.102. The Balaban J connectivity index is 1.74. The van der Waals surface area contributed by atoms with Crippen LogP contribution in [-0.4, -0.2) is 29.7 Å². The van der Waals surface area contributed by atoms with E-state index in [0.717, 1.165) is 30.2 Å². The number of amides is 1. The number of ether oxygens (including phenoxy) is 1. The van der Waals surface area contributed by atoms with Crippen LogP contribution in [0.2, 0.25) is 0 Å². The van der Waals surface area contributed by atoms with E-state index < -0.39 is 5.82 Å². The van der Waals surface area contributed by atoms with Crippen LogP contribution in [0.15, 0.2) is 71.7 Å². The molecule has 1 N–H and O–H groups in total. The van der Waals surface area contributed by atoms with Gasteiger partial charge in [0, 0.05) is 24.3 Å². The molecule has 0 atom stereocenters. The Morgan fingerprint density at radius 2 is 1.80 bits per heavy atom. The van der Waals surface area contributed by atoms with Crippen molar-refractivity contribution in [2.45, 2.75) is 13.8 Å². The number of carbonyl (C=O) groups excluding carboxylic acids is 1. The number of nitrogens with one attached hydrogen (secondary N) is 1. The van der Waals surface area contributed by atoms with Crippen molar-refractivity contribution in [2.75, 3.05) is 18.4 Å². The molecule has 1 heterocycles. The van der Waals surface area contributed by atoms with Gasteiger partial charge >= 0.3 is 0 Å². The van der Waals surface area contributed by atoms with Crippen LogP contribution in [0.5, 0.6) is 11.5 Å². The Labute approximate surface area is 174 Å². The largest absolute Gasteiger partial charge is 0.454 e. The molecule has 1 amide bonds. The average molecular weight is 403 g/mol. The summed E-state index contributed by atoms with van der Waals surface area (Å²) in [6, 6.07) is 18.7. The number of hydrogen-bond donors (Lipinski definition) is 1. The summed E-state index contributed by atoms with van der Waals surface area (Å²) in [6.45, 7) is 5.69. The Bertz CT molecular complexity index is 1120. The van der Waals surface area contributed by atoms with Crippen molar-refractivity contribution < 1.29 is 13.9 Å². The molecule has 0 aromatic heterocycles. The quantitative estimate of drug-likeness (QED) is 0.617. The molecule has 0 spiro atoms. The van der Waals surface area contributed by atoms with Crippen molar-refractivity contribution in [1.29, 1.82) is 0 Å². The summed E-state index contributed by atoms with van der Waals surface area (Å²) in [4.78, 5) is 19.6. The predicted molar refractivity (Wildman–Crippen MR) is 116 cm³/mol. The first kappa shape index (κ1) is 19.6. The zero-order valence-electron chi connectivity index (χ0n) is 16.9. The van der Waals surface area contributed by atoms with E-state index in [9.17, 15) is 9.18 Å². The third-order valence-electron chi connectivity index (χ3n) is 4.94. The topological polar surface area (TPSA) is 53.9 Å². The van der Waals surface area contributed by atoms with E-state index >= 15 is 0 Å². The number of fused-ring (bicyclic) bond motifs is 2. The lowest BCUT2D eigenvalue weighted by atomic mass is 10.1. The number of amidine groups is 1. The Kier molecular flexibility index (Phi) is 5.48. The van der Waals surface area contributed by atoms with Gasteiger partial charge in [-0.05, 0) is 62.4 Å². The van der Waals surface area contributed by atoms with Gasteiger partial charge in [-0.15, -0.1) is 0 Å². The molecular formula is C24H22FN3O2. The Morgan fingerprint density at radius 3 is 2.57 bits per heavy atom. The second kappa shape index (κ2) is 8.37.